The van der Waals surface area contributed by atoms with Crippen molar-refractivity contribution in [2.24, 2.45) is 0 Å². The third-order valence-electron chi connectivity index (χ3n) is 2.34. The highest BCUT2D eigenvalue weighted by Gasteiger charge is 2.27. The fourth-order valence-corrected chi connectivity index (χ4v) is 2.16. The average molecular weight is 210 g/mol. The van der Waals surface area contributed by atoms with Gasteiger partial charge in [-0.3, -0.25) is 0 Å². The maximum absolute atomic E-state index is 11.0. The molecule has 0 aliphatic heterocycles. The molecule has 2 nitrogen and oxygen atoms in total. The van der Waals surface area contributed by atoms with Crippen LogP contribution >= 0.6 is 11.3 Å². The summed E-state index contributed by atoms with van der Waals surface area (Å²) in [6.45, 7) is 3.44. The smallest absolute Gasteiger partial charge is 0.131 e. The summed E-state index contributed by atoms with van der Waals surface area (Å²) in [6.07, 6.45) is 2.02. The van der Waals surface area contributed by atoms with E-state index in [0.29, 0.717) is 12.8 Å². The molecule has 0 saturated heterocycles. The standard InChI is InChI=1S/C11H14O2S/c1-9(13)5-6-11(2,8-12)10-4-3-7-14-10/h3-4,7-8H,5-6H2,1-2H3/t11-/m0/s1. The second-order valence-electron chi connectivity index (χ2n) is 3.71. The van der Waals surface area contributed by atoms with Gasteiger partial charge in [0.05, 0.1) is 5.41 Å². The predicted molar refractivity (Wildman–Crippen MR) is 57.7 cm³/mol. The highest BCUT2D eigenvalue weighted by molar-refractivity contribution is 7.10. The zero-order valence-corrected chi connectivity index (χ0v) is 9.26. The lowest BCUT2D eigenvalue weighted by molar-refractivity contribution is -0.117. The second-order valence-corrected chi connectivity index (χ2v) is 4.66. The van der Waals surface area contributed by atoms with Crippen molar-refractivity contribution >= 4 is 23.4 Å². The summed E-state index contributed by atoms with van der Waals surface area (Å²) >= 11 is 1.56. The fraction of sp³-hybridized carbons (Fsp3) is 0.455. The van der Waals surface area contributed by atoms with Crippen LogP contribution in [-0.2, 0) is 15.0 Å². The van der Waals surface area contributed by atoms with Crippen molar-refractivity contribution in [2.75, 3.05) is 0 Å². The predicted octanol–water partition coefficient (Wildman–Crippen LogP) is 2.57. The Morgan fingerprint density at radius 3 is 2.79 bits per heavy atom. The number of Topliss-reactive ketones (excluding diaryl/α,β-unsaturated/α-hetero) is 1. The molecule has 0 bridgehead atoms. The molecule has 0 aliphatic rings. The number of aldehydes is 1. The van der Waals surface area contributed by atoms with Crippen molar-refractivity contribution in [3.63, 3.8) is 0 Å². The van der Waals surface area contributed by atoms with Crippen molar-refractivity contribution in [3.05, 3.63) is 22.4 Å². The monoisotopic (exact) mass is 210 g/mol. The molecule has 76 valence electrons. The number of ketones is 1. The summed E-state index contributed by atoms with van der Waals surface area (Å²) < 4.78 is 0. The van der Waals surface area contributed by atoms with Gasteiger partial charge in [-0.15, -0.1) is 11.3 Å². The normalized spacial score (nSPS) is 14.7. The molecule has 1 rings (SSSR count). The van der Waals surface area contributed by atoms with Crippen molar-refractivity contribution in [1.82, 2.24) is 0 Å². The van der Waals surface area contributed by atoms with E-state index in [-0.39, 0.29) is 5.78 Å². The Morgan fingerprint density at radius 2 is 2.36 bits per heavy atom. The Hall–Kier alpha value is -0.960. The minimum absolute atomic E-state index is 0.134. The first-order chi connectivity index (χ1) is 6.58. The lowest BCUT2D eigenvalue weighted by Crippen LogP contribution is -2.23. The highest BCUT2D eigenvalue weighted by Crippen LogP contribution is 2.30. The van der Waals surface area contributed by atoms with E-state index in [1.807, 2.05) is 24.4 Å². The SMILES string of the molecule is CC(=O)CC[C@@](C)(C=O)c1cccs1. The largest absolute Gasteiger partial charge is 0.302 e. The lowest BCUT2D eigenvalue weighted by atomic mass is 9.85. The van der Waals surface area contributed by atoms with Crippen LogP contribution in [-0.4, -0.2) is 12.1 Å². The van der Waals surface area contributed by atoms with E-state index in [2.05, 4.69) is 0 Å². The number of hydrogen-bond acceptors (Lipinski definition) is 3. The number of carbonyl (C=O) groups excluding carboxylic acids is 2. The first-order valence-electron chi connectivity index (χ1n) is 4.58. The molecule has 0 unspecified atom stereocenters. The first-order valence-corrected chi connectivity index (χ1v) is 5.46. The van der Waals surface area contributed by atoms with Gasteiger partial charge < -0.3 is 9.59 Å². The average Bonchev–Trinajstić information content (AvgIpc) is 2.67. The maximum Gasteiger partial charge on any atom is 0.131 e. The van der Waals surface area contributed by atoms with Crippen LogP contribution in [0.1, 0.15) is 31.6 Å². The molecule has 0 aromatic carbocycles. The van der Waals surface area contributed by atoms with E-state index in [1.54, 1.807) is 18.3 Å². The van der Waals surface area contributed by atoms with Gasteiger partial charge in [-0.1, -0.05) is 6.07 Å². The Bertz CT molecular complexity index is 316. The Balaban J connectivity index is 2.76. The van der Waals surface area contributed by atoms with Crippen LogP contribution in [0.15, 0.2) is 17.5 Å². The maximum atomic E-state index is 11.0. The molecule has 0 fully saturated rings. The number of rotatable bonds is 5. The third-order valence-corrected chi connectivity index (χ3v) is 3.49. The van der Waals surface area contributed by atoms with Crippen LogP contribution in [0.4, 0.5) is 0 Å². The van der Waals surface area contributed by atoms with E-state index in [0.717, 1.165) is 11.2 Å². The summed E-state index contributed by atoms with van der Waals surface area (Å²) in [7, 11) is 0. The number of carbonyl (C=O) groups is 2. The highest BCUT2D eigenvalue weighted by atomic mass is 32.1. The Kier molecular flexibility index (Phi) is 3.58. The summed E-state index contributed by atoms with van der Waals surface area (Å²) in [5.41, 5.74) is -0.486. The summed E-state index contributed by atoms with van der Waals surface area (Å²) in [4.78, 5) is 22.9. The van der Waals surface area contributed by atoms with Crippen LogP contribution in [0.2, 0.25) is 0 Å². The molecule has 0 saturated carbocycles. The molecule has 14 heavy (non-hydrogen) atoms. The fourth-order valence-electron chi connectivity index (χ4n) is 1.28. The van der Waals surface area contributed by atoms with Crippen LogP contribution in [0, 0.1) is 0 Å². The summed E-state index contributed by atoms with van der Waals surface area (Å²) in [5, 5.41) is 1.95. The van der Waals surface area contributed by atoms with Gasteiger partial charge in [-0.05, 0) is 31.7 Å². The summed E-state index contributed by atoms with van der Waals surface area (Å²) in [6, 6.07) is 3.87. The molecule has 0 aliphatic carbocycles. The summed E-state index contributed by atoms with van der Waals surface area (Å²) in [5.74, 6) is 0.134. The van der Waals surface area contributed by atoms with Crippen LogP contribution < -0.4 is 0 Å². The molecule has 1 heterocycles. The first kappa shape index (κ1) is 11.1. The zero-order chi connectivity index (χ0) is 10.6. The molecule has 0 radical (unpaired) electrons. The molecular weight excluding hydrogens is 196 g/mol. The van der Waals surface area contributed by atoms with E-state index in [1.165, 1.54) is 0 Å². The molecule has 1 aromatic rings. The molecule has 3 heteroatoms. The quantitative estimate of drug-likeness (QED) is 0.700. The van der Waals surface area contributed by atoms with Gasteiger partial charge in [0, 0.05) is 11.3 Å². The van der Waals surface area contributed by atoms with E-state index >= 15 is 0 Å². The van der Waals surface area contributed by atoms with Gasteiger partial charge in [-0.25, -0.2) is 0 Å². The third kappa shape index (κ3) is 2.51. The van der Waals surface area contributed by atoms with Crippen molar-refractivity contribution in [2.45, 2.75) is 32.1 Å². The van der Waals surface area contributed by atoms with Gasteiger partial charge in [-0.2, -0.15) is 0 Å². The van der Waals surface area contributed by atoms with Gasteiger partial charge >= 0.3 is 0 Å². The van der Waals surface area contributed by atoms with Gasteiger partial charge in [0.25, 0.3) is 0 Å². The van der Waals surface area contributed by atoms with E-state index in [9.17, 15) is 9.59 Å². The number of hydrogen-bond donors (Lipinski definition) is 0. The molecular formula is C11H14O2S. The topological polar surface area (TPSA) is 34.1 Å². The molecule has 1 aromatic heterocycles. The molecule has 1 atom stereocenters. The van der Waals surface area contributed by atoms with Gasteiger partial charge in [0.2, 0.25) is 0 Å². The zero-order valence-electron chi connectivity index (χ0n) is 8.45. The van der Waals surface area contributed by atoms with Gasteiger partial charge in [0.15, 0.2) is 0 Å². The second kappa shape index (κ2) is 4.51. The Labute approximate surface area is 87.9 Å². The van der Waals surface area contributed by atoms with E-state index in [4.69, 9.17) is 0 Å². The minimum Gasteiger partial charge on any atom is -0.302 e. The van der Waals surface area contributed by atoms with Gasteiger partial charge in [0.1, 0.15) is 12.1 Å². The van der Waals surface area contributed by atoms with Crippen LogP contribution in [0.3, 0.4) is 0 Å². The van der Waals surface area contributed by atoms with Crippen LogP contribution in [0.5, 0.6) is 0 Å². The van der Waals surface area contributed by atoms with E-state index < -0.39 is 5.41 Å². The Morgan fingerprint density at radius 1 is 1.64 bits per heavy atom. The minimum atomic E-state index is -0.486. The molecule has 0 amide bonds. The number of thiophene rings is 1. The molecule has 0 spiro atoms. The van der Waals surface area contributed by atoms with Crippen molar-refractivity contribution < 1.29 is 9.59 Å². The van der Waals surface area contributed by atoms with Crippen LogP contribution in [0.25, 0.3) is 0 Å². The lowest BCUT2D eigenvalue weighted by Gasteiger charge is -2.20. The molecule has 0 N–H and O–H groups in total. The van der Waals surface area contributed by atoms with Crippen molar-refractivity contribution in [3.8, 4) is 0 Å². The van der Waals surface area contributed by atoms with Crippen molar-refractivity contribution in [1.29, 1.82) is 0 Å².